The zero-order valence-electron chi connectivity index (χ0n) is 9.24. The van der Waals surface area contributed by atoms with Crippen LogP contribution in [0.3, 0.4) is 0 Å². The van der Waals surface area contributed by atoms with Gasteiger partial charge in [-0.2, -0.15) is 0 Å². The molecule has 0 N–H and O–H groups in total. The summed E-state index contributed by atoms with van der Waals surface area (Å²) in [5, 5.41) is 0. The fourth-order valence-corrected chi connectivity index (χ4v) is 0.845. The van der Waals surface area contributed by atoms with Gasteiger partial charge in [-0.15, -0.1) is 0 Å². The second kappa shape index (κ2) is 10.6. The normalized spacial score (nSPS) is 9.71. The molecule has 80 valence electrons. The molecular formula is C11H18O2W. The maximum atomic E-state index is 5.08. The summed E-state index contributed by atoms with van der Waals surface area (Å²) in [6.07, 6.45) is 0. The molecule has 0 bridgehead atoms. The third kappa shape index (κ3) is 4.66. The summed E-state index contributed by atoms with van der Waals surface area (Å²) in [6.45, 7) is 8.36. The van der Waals surface area contributed by atoms with Crippen LogP contribution in [0, 0.1) is 0 Å². The first-order valence-electron chi connectivity index (χ1n) is 4.81. The summed E-state index contributed by atoms with van der Waals surface area (Å²) >= 11 is 0. The molecule has 0 radical (unpaired) electrons. The maximum absolute atomic E-state index is 5.08. The Bertz CT molecular complexity index is 203. The van der Waals surface area contributed by atoms with Crippen molar-refractivity contribution in [1.82, 2.24) is 0 Å². The molecular weight excluding hydrogens is 348 g/mol. The Morgan fingerprint density at radius 3 is 1.57 bits per heavy atom. The topological polar surface area (TPSA) is 18.5 Å². The van der Waals surface area contributed by atoms with Gasteiger partial charge in [0, 0.05) is 21.1 Å². The Labute approximate surface area is 101 Å². The van der Waals surface area contributed by atoms with E-state index in [1.807, 2.05) is 52.0 Å². The average Bonchev–Trinajstić information content (AvgIpc) is 2.71. The van der Waals surface area contributed by atoms with Crippen LogP contribution in [0.15, 0.2) is 24.3 Å². The van der Waals surface area contributed by atoms with Gasteiger partial charge >= 0.3 is 0 Å². The molecule has 0 aliphatic carbocycles. The summed E-state index contributed by atoms with van der Waals surface area (Å²) in [7, 11) is 0. The summed E-state index contributed by atoms with van der Waals surface area (Å²) in [6, 6.07) is 7.63. The molecule has 1 aliphatic heterocycles. The van der Waals surface area contributed by atoms with Crippen LogP contribution in [-0.2, 0) is 21.1 Å². The van der Waals surface area contributed by atoms with Crippen LogP contribution in [0.1, 0.15) is 27.7 Å². The number of rotatable bonds is 0. The van der Waals surface area contributed by atoms with E-state index in [9.17, 15) is 0 Å². The van der Waals surface area contributed by atoms with Crippen molar-refractivity contribution in [3.8, 4) is 11.5 Å². The Balaban J connectivity index is 0. The average molecular weight is 366 g/mol. The van der Waals surface area contributed by atoms with Gasteiger partial charge in [0.05, 0.1) is 0 Å². The third-order valence-electron chi connectivity index (χ3n) is 1.28. The monoisotopic (exact) mass is 366 g/mol. The van der Waals surface area contributed by atoms with Crippen LogP contribution in [0.5, 0.6) is 11.5 Å². The molecule has 0 aromatic heterocycles. The van der Waals surface area contributed by atoms with Crippen molar-refractivity contribution in [2.45, 2.75) is 27.7 Å². The SMILES string of the molecule is CC.CC.[W].c1ccc2c(c1)OCO2. The maximum Gasteiger partial charge on any atom is 0.231 e. The van der Waals surface area contributed by atoms with E-state index >= 15 is 0 Å². The van der Waals surface area contributed by atoms with Crippen molar-refractivity contribution in [2.24, 2.45) is 0 Å². The number of benzene rings is 1. The van der Waals surface area contributed by atoms with Crippen LogP contribution >= 0.6 is 0 Å². The Morgan fingerprint density at radius 2 is 1.21 bits per heavy atom. The van der Waals surface area contributed by atoms with Gasteiger partial charge in [0.15, 0.2) is 11.5 Å². The van der Waals surface area contributed by atoms with Crippen LogP contribution < -0.4 is 9.47 Å². The van der Waals surface area contributed by atoms with Crippen molar-refractivity contribution in [2.75, 3.05) is 6.79 Å². The van der Waals surface area contributed by atoms with E-state index in [1.165, 1.54) is 0 Å². The second-order valence-electron chi connectivity index (χ2n) is 1.85. The zero-order chi connectivity index (χ0) is 10.1. The molecule has 0 fully saturated rings. The molecule has 0 saturated heterocycles. The van der Waals surface area contributed by atoms with E-state index < -0.39 is 0 Å². The number of para-hydroxylation sites is 2. The van der Waals surface area contributed by atoms with Crippen molar-refractivity contribution >= 4 is 0 Å². The van der Waals surface area contributed by atoms with Gasteiger partial charge in [0.2, 0.25) is 6.79 Å². The standard InChI is InChI=1S/C7H6O2.2C2H6.W/c1-2-4-7-6(3-1)8-5-9-7;2*1-2;/h1-4H,5H2;2*1-2H3;. The minimum Gasteiger partial charge on any atom is -0.454 e. The molecule has 3 heteroatoms. The number of hydrogen-bond donors (Lipinski definition) is 0. The Morgan fingerprint density at radius 1 is 0.857 bits per heavy atom. The van der Waals surface area contributed by atoms with Gasteiger partial charge in [-0.1, -0.05) is 39.8 Å². The van der Waals surface area contributed by atoms with E-state index in [-0.39, 0.29) is 21.1 Å². The van der Waals surface area contributed by atoms with E-state index in [2.05, 4.69) is 0 Å². The van der Waals surface area contributed by atoms with Gasteiger partial charge < -0.3 is 9.47 Å². The molecule has 0 unspecified atom stereocenters. The van der Waals surface area contributed by atoms with Crippen LogP contribution in [0.4, 0.5) is 0 Å². The molecule has 2 nitrogen and oxygen atoms in total. The first-order chi connectivity index (χ1) is 6.47. The molecule has 14 heavy (non-hydrogen) atoms. The van der Waals surface area contributed by atoms with Crippen LogP contribution in [-0.4, -0.2) is 6.79 Å². The van der Waals surface area contributed by atoms with Gasteiger partial charge in [-0.3, -0.25) is 0 Å². The minimum absolute atomic E-state index is 0. The smallest absolute Gasteiger partial charge is 0.231 e. The summed E-state index contributed by atoms with van der Waals surface area (Å²) in [5.41, 5.74) is 0. The number of fused-ring (bicyclic) bond motifs is 1. The fourth-order valence-electron chi connectivity index (χ4n) is 0.845. The summed E-state index contributed by atoms with van der Waals surface area (Å²) < 4.78 is 10.2. The van der Waals surface area contributed by atoms with Crippen molar-refractivity contribution < 1.29 is 30.5 Å². The fraction of sp³-hybridized carbons (Fsp3) is 0.455. The van der Waals surface area contributed by atoms with Gasteiger partial charge in [-0.05, 0) is 12.1 Å². The van der Waals surface area contributed by atoms with E-state index in [4.69, 9.17) is 9.47 Å². The molecule has 1 heterocycles. The predicted octanol–water partition coefficient (Wildman–Crippen LogP) is 3.47. The van der Waals surface area contributed by atoms with E-state index in [1.54, 1.807) is 0 Å². The molecule has 0 spiro atoms. The third-order valence-corrected chi connectivity index (χ3v) is 1.28. The van der Waals surface area contributed by atoms with Gasteiger partial charge in [0.25, 0.3) is 0 Å². The largest absolute Gasteiger partial charge is 0.454 e. The minimum atomic E-state index is 0. The molecule has 2 rings (SSSR count). The summed E-state index contributed by atoms with van der Waals surface area (Å²) in [4.78, 5) is 0. The molecule has 1 aromatic rings. The van der Waals surface area contributed by atoms with Gasteiger partial charge in [0.1, 0.15) is 0 Å². The Hall–Kier alpha value is -0.492. The van der Waals surface area contributed by atoms with Crippen molar-refractivity contribution in [3.63, 3.8) is 0 Å². The molecule has 0 amide bonds. The molecule has 0 atom stereocenters. The summed E-state index contributed by atoms with van der Waals surface area (Å²) in [5.74, 6) is 1.69. The Kier molecular flexibility index (Phi) is 12.1. The molecule has 0 saturated carbocycles. The quantitative estimate of drug-likeness (QED) is 0.700. The number of ether oxygens (including phenoxy) is 2. The first-order valence-corrected chi connectivity index (χ1v) is 4.81. The van der Waals surface area contributed by atoms with E-state index in [0.717, 1.165) is 11.5 Å². The first kappa shape index (κ1) is 16.0. The second-order valence-corrected chi connectivity index (χ2v) is 1.85. The molecule has 1 aliphatic rings. The van der Waals surface area contributed by atoms with Gasteiger partial charge in [-0.25, -0.2) is 0 Å². The van der Waals surface area contributed by atoms with E-state index in [0.29, 0.717) is 6.79 Å². The predicted molar refractivity (Wildman–Crippen MR) is 55.3 cm³/mol. The van der Waals surface area contributed by atoms with Crippen LogP contribution in [0.2, 0.25) is 0 Å². The zero-order valence-corrected chi connectivity index (χ0v) is 12.2. The number of hydrogen-bond acceptors (Lipinski definition) is 2. The van der Waals surface area contributed by atoms with Crippen molar-refractivity contribution in [3.05, 3.63) is 24.3 Å². The molecule has 1 aromatic carbocycles. The van der Waals surface area contributed by atoms with Crippen molar-refractivity contribution in [1.29, 1.82) is 0 Å². The van der Waals surface area contributed by atoms with Crippen LogP contribution in [0.25, 0.3) is 0 Å².